The zero-order valence-corrected chi connectivity index (χ0v) is 19.0. The summed E-state index contributed by atoms with van der Waals surface area (Å²) in [6.07, 6.45) is 1.39. The molecule has 0 unspecified atom stereocenters. The minimum Gasteiger partial charge on any atom is -0.343 e. The first-order chi connectivity index (χ1) is 14.8. The van der Waals surface area contributed by atoms with Crippen molar-refractivity contribution in [2.45, 2.75) is 25.4 Å². The number of nitrogens with zero attached hydrogens (tertiary/aromatic N) is 1. The predicted octanol–water partition coefficient (Wildman–Crippen LogP) is 4.79. The number of carbonyl (C=O) groups excluding carboxylic acids is 1. The van der Waals surface area contributed by atoms with E-state index in [9.17, 15) is 13.2 Å². The summed E-state index contributed by atoms with van der Waals surface area (Å²) < 4.78 is 26.5. The molecule has 3 rings (SSSR count). The molecule has 0 aliphatic heterocycles. The Bertz CT molecular complexity index is 1080. The average molecular weight is 457 g/mol. The maximum absolute atomic E-state index is 13.4. The summed E-state index contributed by atoms with van der Waals surface area (Å²) in [4.78, 5) is 13.4. The number of nitrogens with one attached hydrogen (secondary N) is 1. The van der Waals surface area contributed by atoms with Gasteiger partial charge < -0.3 is 5.32 Å². The van der Waals surface area contributed by atoms with Crippen molar-refractivity contribution in [3.63, 3.8) is 0 Å². The van der Waals surface area contributed by atoms with Gasteiger partial charge in [-0.1, -0.05) is 85.3 Å². The Balaban J connectivity index is 1.99. The highest BCUT2D eigenvalue weighted by molar-refractivity contribution is 7.92. The van der Waals surface area contributed by atoms with Gasteiger partial charge in [-0.3, -0.25) is 9.10 Å². The first kappa shape index (κ1) is 22.8. The summed E-state index contributed by atoms with van der Waals surface area (Å²) in [5, 5.41) is 3.46. The molecule has 0 aliphatic rings. The van der Waals surface area contributed by atoms with E-state index in [4.69, 9.17) is 11.6 Å². The zero-order chi connectivity index (χ0) is 22.4. The number of carbonyl (C=O) groups is 1. The molecule has 0 aromatic heterocycles. The Morgan fingerprint density at radius 1 is 0.935 bits per heavy atom. The number of amides is 1. The molecule has 0 fully saturated rings. The summed E-state index contributed by atoms with van der Waals surface area (Å²) in [5.74, 6) is -0.384. The van der Waals surface area contributed by atoms with Crippen LogP contribution in [0.5, 0.6) is 0 Å². The third-order valence-corrected chi connectivity index (χ3v) is 6.36. The number of hydrogen-bond acceptors (Lipinski definition) is 3. The number of anilines is 1. The molecule has 162 valence electrons. The van der Waals surface area contributed by atoms with Gasteiger partial charge >= 0.3 is 0 Å². The Labute approximate surface area is 188 Å². The molecule has 1 N–H and O–H groups in total. The maximum atomic E-state index is 13.4. The Morgan fingerprint density at radius 2 is 1.48 bits per heavy atom. The fourth-order valence-corrected chi connectivity index (χ4v) is 4.95. The summed E-state index contributed by atoms with van der Waals surface area (Å²) in [5.41, 5.74) is 2.17. The summed E-state index contributed by atoms with van der Waals surface area (Å²) in [6, 6.07) is 24.3. The van der Waals surface area contributed by atoms with Crippen LogP contribution in [0.15, 0.2) is 84.9 Å². The van der Waals surface area contributed by atoms with E-state index in [1.54, 1.807) is 31.2 Å². The number of rotatable bonds is 8. The molecule has 0 bridgehead atoms. The van der Waals surface area contributed by atoms with Crippen LogP contribution in [0.3, 0.4) is 0 Å². The summed E-state index contributed by atoms with van der Waals surface area (Å²) >= 11 is 6.09. The van der Waals surface area contributed by atoms with Crippen LogP contribution in [0.4, 0.5) is 5.69 Å². The average Bonchev–Trinajstić information content (AvgIpc) is 2.75. The molecule has 31 heavy (non-hydrogen) atoms. The van der Waals surface area contributed by atoms with Crippen LogP contribution in [-0.2, 0) is 14.8 Å². The van der Waals surface area contributed by atoms with Crippen LogP contribution < -0.4 is 9.62 Å². The molecule has 0 aliphatic carbocycles. The van der Waals surface area contributed by atoms with Crippen LogP contribution in [0.25, 0.3) is 0 Å². The third kappa shape index (κ3) is 5.66. The molecule has 0 saturated heterocycles. The Morgan fingerprint density at radius 3 is 1.94 bits per heavy atom. The van der Waals surface area contributed by atoms with Gasteiger partial charge in [0.05, 0.1) is 18.0 Å². The lowest BCUT2D eigenvalue weighted by Gasteiger charge is -2.32. The third-order valence-electron chi connectivity index (χ3n) is 4.94. The summed E-state index contributed by atoms with van der Waals surface area (Å²) in [6.45, 7) is 1.78. The second-order valence-corrected chi connectivity index (χ2v) is 9.52. The molecule has 3 aromatic carbocycles. The molecule has 0 radical (unpaired) electrons. The van der Waals surface area contributed by atoms with Gasteiger partial charge in [-0.2, -0.15) is 0 Å². The minimum atomic E-state index is -3.74. The fraction of sp³-hybridized carbons (Fsp3) is 0.208. The standard InChI is InChI=1S/C24H25ClN2O3S/c1-3-22(27(31(2,29)30)21-16-10-15-20(25)17-21)24(28)26-23(18-11-6-4-7-12-18)19-13-8-5-9-14-19/h4-17,22-23H,3H2,1-2H3,(H,26,28)/t22-/m1/s1. The van der Waals surface area contributed by atoms with Gasteiger partial charge in [0.25, 0.3) is 0 Å². The molecule has 0 heterocycles. The van der Waals surface area contributed by atoms with E-state index in [0.29, 0.717) is 17.1 Å². The van der Waals surface area contributed by atoms with Crippen molar-refractivity contribution in [3.8, 4) is 0 Å². The topological polar surface area (TPSA) is 66.5 Å². The van der Waals surface area contributed by atoms with E-state index >= 15 is 0 Å². The SMILES string of the molecule is CC[C@H](C(=O)NC(c1ccccc1)c1ccccc1)N(c1cccc(Cl)c1)S(C)(=O)=O. The van der Waals surface area contributed by atoms with Gasteiger partial charge in [0.2, 0.25) is 15.9 Å². The van der Waals surface area contributed by atoms with Gasteiger partial charge in [0, 0.05) is 5.02 Å². The number of hydrogen-bond donors (Lipinski definition) is 1. The normalized spacial score (nSPS) is 12.4. The molecular formula is C24H25ClN2O3S. The molecular weight excluding hydrogens is 432 g/mol. The molecule has 5 nitrogen and oxygen atoms in total. The van der Waals surface area contributed by atoms with Gasteiger partial charge in [0.15, 0.2) is 0 Å². The van der Waals surface area contributed by atoms with Crippen LogP contribution in [-0.4, -0.2) is 26.6 Å². The van der Waals surface area contributed by atoms with Gasteiger partial charge in [-0.25, -0.2) is 8.42 Å². The van der Waals surface area contributed by atoms with E-state index in [1.165, 1.54) is 0 Å². The second kappa shape index (κ2) is 9.98. The number of benzene rings is 3. The van der Waals surface area contributed by atoms with Crippen molar-refractivity contribution < 1.29 is 13.2 Å². The van der Waals surface area contributed by atoms with E-state index in [2.05, 4.69) is 5.32 Å². The largest absolute Gasteiger partial charge is 0.343 e. The van der Waals surface area contributed by atoms with Crippen molar-refractivity contribution in [2.24, 2.45) is 0 Å². The van der Waals surface area contributed by atoms with E-state index in [-0.39, 0.29) is 5.91 Å². The molecule has 1 amide bonds. The van der Waals surface area contributed by atoms with Gasteiger partial charge in [0.1, 0.15) is 6.04 Å². The Kier molecular flexibility index (Phi) is 7.36. The fourth-order valence-electron chi connectivity index (χ4n) is 3.56. The summed E-state index contributed by atoms with van der Waals surface area (Å²) in [7, 11) is -3.74. The molecule has 0 saturated carbocycles. The van der Waals surface area contributed by atoms with Crippen molar-refractivity contribution in [1.82, 2.24) is 5.32 Å². The van der Waals surface area contributed by atoms with Gasteiger partial charge in [-0.15, -0.1) is 0 Å². The van der Waals surface area contributed by atoms with Crippen molar-refractivity contribution >= 4 is 33.2 Å². The molecule has 0 spiro atoms. The smallest absolute Gasteiger partial charge is 0.244 e. The highest BCUT2D eigenvalue weighted by Gasteiger charge is 2.33. The van der Waals surface area contributed by atoms with Crippen molar-refractivity contribution in [1.29, 1.82) is 0 Å². The maximum Gasteiger partial charge on any atom is 0.244 e. The molecule has 1 atom stereocenters. The number of sulfonamides is 1. The van der Waals surface area contributed by atoms with E-state index in [0.717, 1.165) is 21.7 Å². The van der Waals surface area contributed by atoms with Gasteiger partial charge in [-0.05, 0) is 35.7 Å². The molecule has 3 aromatic rings. The lowest BCUT2D eigenvalue weighted by Crippen LogP contribution is -2.50. The van der Waals surface area contributed by atoms with Crippen LogP contribution in [0, 0.1) is 0 Å². The predicted molar refractivity (Wildman–Crippen MR) is 126 cm³/mol. The monoisotopic (exact) mass is 456 g/mol. The lowest BCUT2D eigenvalue weighted by molar-refractivity contribution is -0.122. The first-order valence-corrected chi connectivity index (χ1v) is 12.2. The van der Waals surface area contributed by atoms with E-state index in [1.807, 2.05) is 60.7 Å². The van der Waals surface area contributed by atoms with Crippen LogP contribution in [0.2, 0.25) is 5.02 Å². The highest BCUT2D eigenvalue weighted by atomic mass is 35.5. The quantitative estimate of drug-likeness (QED) is 0.530. The number of halogens is 1. The van der Waals surface area contributed by atoms with Crippen LogP contribution >= 0.6 is 11.6 Å². The van der Waals surface area contributed by atoms with E-state index < -0.39 is 22.1 Å². The van der Waals surface area contributed by atoms with Crippen LogP contribution in [0.1, 0.15) is 30.5 Å². The highest BCUT2D eigenvalue weighted by Crippen LogP contribution is 2.27. The minimum absolute atomic E-state index is 0.293. The van der Waals surface area contributed by atoms with Crippen molar-refractivity contribution in [3.05, 3.63) is 101 Å². The first-order valence-electron chi connectivity index (χ1n) is 9.96. The Hall–Kier alpha value is -2.83. The second-order valence-electron chi connectivity index (χ2n) is 7.23. The molecule has 7 heteroatoms. The van der Waals surface area contributed by atoms with Crippen molar-refractivity contribution in [2.75, 3.05) is 10.6 Å². The zero-order valence-electron chi connectivity index (χ0n) is 17.4. The lowest BCUT2D eigenvalue weighted by atomic mass is 9.98.